The largest absolute Gasteiger partial charge is 0.496 e. The van der Waals surface area contributed by atoms with Gasteiger partial charge in [0.25, 0.3) is 0 Å². The van der Waals surface area contributed by atoms with Gasteiger partial charge >= 0.3 is 5.97 Å². The van der Waals surface area contributed by atoms with Crippen LogP contribution in [0.1, 0.15) is 17.5 Å². The van der Waals surface area contributed by atoms with Crippen molar-refractivity contribution in [2.45, 2.75) is 20.3 Å². The third-order valence-electron chi connectivity index (χ3n) is 3.44. The Morgan fingerprint density at radius 3 is 2.37 bits per heavy atom. The van der Waals surface area contributed by atoms with E-state index in [2.05, 4.69) is 0 Å². The van der Waals surface area contributed by atoms with Crippen molar-refractivity contribution in [2.75, 3.05) is 18.6 Å². The van der Waals surface area contributed by atoms with Crippen LogP contribution in [0, 0.1) is 19.8 Å². The number of amides is 1. The monoisotopic (exact) mass is 263 g/mol. The fourth-order valence-corrected chi connectivity index (χ4v) is 2.53. The lowest BCUT2D eigenvalue weighted by Gasteiger charge is -2.19. The van der Waals surface area contributed by atoms with Crippen LogP contribution in [-0.4, -0.2) is 30.6 Å². The highest BCUT2D eigenvalue weighted by Gasteiger charge is 2.35. The molecule has 1 aromatic rings. The molecule has 102 valence electrons. The normalized spacial score (nSPS) is 18.8. The van der Waals surface area contributed by atoms with Crippen LogP contribution in [0.15, 0.2) is 12.1 Å². The lowest BCUT2D eigenvalue weighted by molar-refractivity contribution is -0.141. The number of nitrogens with zero attached hydrogens (tertiary/aromatic N) is 1. The van der Waals surface area contributed by atoms with E-state index in [4.69, 9.17) is 9.84 Å². The Morgan fingerprint density at radius 1 is 1.37 bits per heavy atom. The summed E-state index contributed by atoms with van der Waals surface area (Å²) in [4.78, 5) is 24.4. The smallest absolute Gasteiger partial charge is 0.308 e. The van der Waals surface area contributed by atoms with E-state index in [0.29, 0.717) is 0 Å². The lowest BCUT2D eigenvalue weighted by atomic mass is 10.1. The summed E-state index contributed by atoms with van der Waals surface area (Å²) >= 11 is 0. The van der Waals surface area contributed by atoms with Gasteiger partial charge < -0.3 is 14.7 Å². The number of hydrogen-bond acceptors (Lipinski definition) is 3. The average molecular weight is 263 g/mol. The summed E-state index contributed by atoms with van der Waals surface area (Å²) in [7, 11) is 1.61. The standard InChI is InChI=1S/C14H17NO4/c1-8-4-11(5-9(2)13(8)19-3)15-7-10(14(17)18)6-12(15)16/h4-5,10H,6-7H2,1-3H3,(H,17,18). The van der Waals surface area contributed by atoms with Crippen LogP contribution in [0.2, 0.25) is 0 Å². The second-order valence-corrected chi connectivity index (χ2v) is 4.86. The molecule has 2 rings (SSSR count). The number of hydrogen-bond donors (Lipinski definition) is 1. The van der Waals surface area contributed by atoms with Crippen molar-refractivity contribution < 1.29 is 19.4 Å². The van der Waals surface area contributed by atoms with Crippen molar-refractivity contribution in [3.05, 3.63) is 23.3 Å². The molecule has 0 radical (unpaired) electrons. The van der Waals surface area contributed by atoms with Gasteiger partial charge in [0.15, 0.2) is 0 Å². The third kappa shape index (κ3) is 2.41. The van der Waals surface area contributed by atoms with E-state index >= 15 is 0 Å². The maximum Gasteiger partial charge on any atom is 0.308 e. The van der Waals surface area contributed by atoms with Crippen LogP contribution in [-0.2, 0) is 9.59 Å². The Kier molecular flexibility index (Phi) is 3.46. The van der Waals surface area contributed by atoms with E-state index in [-0.39, 0.29) is 18.9 Å². The minimum absolute atomic E-state index is 0.0689. The molecule has 1 N–H and O–H groups in total. The molecule has 19 heavy (non-hydrogen) atoms. The van der Waals surface area contributed by atoms with Gasteiger partial charge in [-0.2, -0.15) is 0 Å². The van der Waals surface area contributed by atoms with Crippen molar-refractivity contribution >= 4 is 17.6 Å². The number of rotatable bonds is 3. The molecule has 1 saturated heterocycles. The van der Waals surface area contributed by atoms with E-state index < -0.39 is 11.9 Å². The van der Waals surface area contributed by atoms with Crippen LogP contribution in [0.25, 0.3) is 0 Å². The van der Waals surface area contributed by atoms with Crippen molar-refractivity contribution in [1.82, 2.24) is 0 Å². The number of aliphatic carboxylic acids is 1. The van der Waals surface area contributed by atoms with E-state index in [0.717, 1.165) is 22.6 Å². The first kappa shape index (κ1) is 13.4. The van der Waals surface area contributed by atoms with E-state index in [1.165, 1.54) is 4.90 Å². The third-order valence-corrected chi connectivity index (χ3v) is 3.44. The lowest BCUT2D eigenvalue weighted by Crippen LogP contribution is -2.26. The van der Waals surface area contributed by atoms with E-state index in [1.54, 1.807) is 7.11 Å². The van der Waals surface area contributed by atoms with Crippen LogP contribution in [0.5, 0.6) is 5.75 Å². The Bertz CT molecular complexity index is 515. The van der Waals surface area contributed by atoms with Crippen molar-refractivity contribution in [3.63, 3.8) is 0 Å². The zero-order valence-corrected chi connectivity index (χ0v) is 11.3. The maximum atomic E-state index is 11.9. The Hall–Kier alpha value is -2.04. The quantitative estimate of drug-likeness (QED) is 0.902. The first-order chi connectivity index (χ1) is 8.93. The molecule has 5 nitrogen and oxygen atoms in total. The van der Waals surface area contributed by atoms with Crippen molar-refractivity contribution in [3.8, 4) is 5.75 Å². The van der Waals surface area contributed by atoms with Gasteiger partial charge in [-0.25, -0.2) is 0 Å². The molecule has 0 saturated carbocycles. The van der Waals surface area contributed by atoms with Gasteiger partial charge in [-0.3, -0.25) is 9.59 Å². The number of methoxy groups -OCH3 is 1. The van der Waals surface area contributed by atoms with Gasteiger partial charge in [0.05, 0.1) is 13.0 Å². The van der Waals surface area contributed by atoms with Gasteiger partial charge in [-0.1, -0.05) is 0 Å². The minimum Gasteiger partial charge on any atom is -0.496 e. The van der Waals surface area contributed by atoms with Gasteiger partial charge in [0.2, 0.25) is 5.91 Å². The molecule has 1 unspecified atom stereocenters. The maximum absolute atomic E-state index is 11.9. The molecule has 1 fully saturated rings. The Labute approximate surface area is 111 Å². The molecule has 1 amide bonds. The summed E-state index contributed by atoms with van der Waals surface area (Å²) < 4.78 is 5.28. The summed E-state index contributed by atoms with van der Waals surface area (Å²) in [5.74, 6) is -0.880. The number of ether oxygens (including phenoxy) is 1. The number of carbonyl (C=O) groups excluding carboxylic acids is 1. The van der Waals surface area contributed by atoms with Crippen molar-refractivity contribution in [2.24, 2.45) is 5.92 Å². The molecular formula is C14H17NO4. The molecule has 5 heteroatoms. The molecular weight excluding hydrogens is 246 g/mol. The van der Waals surface area contributed by atoms with Gasteiger partial charge in [-0.15, -0.1) is 0 Å². The minimum atomic E-state index is -0.919. The predicted molar refractivity (Wildman–Crippen MR) is 70.6 cm³/mol. The number of carboxylic acids is 1. The fraction of sp³-hybridized carbons (Fsp3) is 0.429. The van der Waals surface area contributed by atoms with Gasteiger partial charge in [0.1, 0.15) is 5.75 Å². The molecule has 1 aliphatic rings. The highest BCUT2D eigenvalue weighted by molar-refractivity contribution is 5.99. The molecule has 0 aromatic heterocycles. The molecule has 1 heterocycles. The highest BCUT2D eigenvalue weighted by Crippen LogP contribution is 2.32. The summed E-state index contributed by atoms with van der Waals surface area (Å²) in [6, 6.07) is 3.71. The fourth-order valence-electron chi connectivity index (χ4n) is 2.53. The van der Waals surface area contributed by atoms with E-state index in [1.807, 2.05) is 26.0 Å². The topological polar surface area (TPSA) is 66.8 Å². The molecule has 1 atom stereocenters. The van der Waals surface area contributed by atoms with Gasteiger partial charge in [-0.05, 0) is 37.1 Å². The number of aryl methyl sites for hydroxylation is 2. The van der Waals surface area contributed by atoms with Crippen LogP contribution in [0.4, 0.5) is 5.69 Å². The molecule has 1 aromatic carbocycles. The van der Waals surface area contributed by atoms with Crippen LogP contribution < -0.4 is 9.64 Å². The number of anilines is 1. The molecule has 0 aliphatic carbocycles. The first-order valence-corrected chi connectivity index (χ1v) is 6.12. The molecule has 0 spiro atoms. The summed E-state index contributed by atoms with van der Waals surface area (Å²) in [6.07, 6.45) is 0.0689. The number of benzene rings is 1. The van der Waals surface area contributed by atoms with Gasteiger partial charge in [0, 0.05) is 18.7 Å². The summed E-state index contributed by atoms with van der Waals surface area (Å²) in [6.45, 7) is 4.05. The average Bonchev–Trinajstić information content (AvgIpc) is 2.71. The van der Waals surface area contributed by atoms with Crippen LogP contribution >= 0.6 is 0 Å². The van der Waals surface area contributed by atoms with Crippen molar-refractivity contribution in [1.29, 1.82) is 0 Å². The number of carbonyl (C=O) groups is 2. The Balaban J connectivity index is 2.33. The van der Waals surface area contributed by atoms with E-state index in [9.17, 15) is 9.59 Å². The zero-order chi connectivity index (χ0) is 14.2. The molecule has 0 bridgehead atoms. The second-order valence-electron chi connectivity index (χ2n) is 4.86. The Morgan fingerprint density at radius 2 is 1.95 bits per heavy atom. The predicted octanol–water partition coefficient (Wildman–Crippen LogP) is 1.75. The second kappa shape index (κ2) is 4.91. The summed E-state index contributed by atoms with van der Waals surface area (Å²) in [5.41, 5.74) is 2.61. The summed E-state index contributed by atoms with van der Waals surface area (Å²) in [5, 5.41) is 8.99. The zero-order valence-electron chi connectivity index (χ0n) is 11.3. The van der Waals surface area contributed by atoms with Crippen LogP contribution in [0.3, 0.4) is 0 Å². The number of carboxylic acid groups (broad SMARTS) is 1. The highest BCUT2D eigenvalue weighted by atomic mass is 16.5. The first-order valence-electron chi connectivity index (χ1n) is 6.12. The SMILES string of the molecule is COc1c(C)cc(N2CC(C(=O)O)CC2=O)cc1C. The molecule has 1 aliphatic heterocycles.